The predicted molar refractivity (Wildman–Crippen MR) is 90.3 cm³/mol. The van der Waals surface area contributed by atoms with Crippen molar-refractivity contribution in [2.24, 2.45) is 0 Å². The van der Waals surface area contributed by atoms with Crippen LogP contribution in [-0.4, -0.2) is 17.2 Å². The van der Waals surface area contributed by atoms with Gasteiger partial charge in [-0.25, -0.2) is 4.98 Å². The summed E-state index contributed by atoms with van der Waals surface area (Å²) in [5, 5.41) is 10.9. The Hall–Kier alpha value is -2.52. The van der Waals surface area contributed by atoms with Crippen molar-refractivity contribution in [1.29, 1.82) is 0 Å². The molecule has 22 heavy (non-hydrogen) atoms. The zero-order chi connectivity index (χ0) is 15.5. The fourth-order valence-corrected chi connectivity index (χ4v) is 2.47. The van der Waals surface area contributed by atoms with E-state index in [0.717, 1.165) is 27.9 Å². The van der Waals surface area contributed by atoms with E-state index in [9.17, 15) is 5.11 Å². The molecule has 0 aliphatic carbocycles. The number of pyridine rings is 1. The highest BCUT2D eigenvalue weighted by Crippen LogP contribution is 2.27. The molecule has 0 saturated carbocycles. The van der Waals surface area contributed by atoms with Crippen LogP contribution >= 0.6 is 11.6 Å². The minimum Gasteiger partial charge on any atom is -0.508 e. The van der Waals surface area contributed by atoms with Gasteiger partial charge in [-0.3, -0.25) is 0 Å². The fraction of sp³-hybridized carbons (Fsp3) is 0.0556. The van der Waals surface area contributed by atoms with E-state index in [4.69, 9.17) is 16.3 Å². The molecule has 0 aliphatic heterocycles. The van der Waals surface area contributed by atoms with Crippen molar-refractivity contribution in [2.75, 3.05) is 7.11 Å². The molecule has 0 unspecified atom stereocenters. The van der Waals surface area contributed by atoms with Gasteiger partial charge in [0, 0.05) is 5.39 Å². The average molecular weight is 312 g/mol. The van der Waals surface area contributed by atoms with Gasteiger partial charge in [-0.05, 0) is 48.0 Å². The normalized spacial score (nSPS) is 11.2. The molecule has 1 aromatic heterocycles. The molecule has 4 heteroatoms. The second kappa shape index (κ2) is 6.08. The number of rotatable bonds is 3. The highest BCUT2D eigenvalue weighted by molar-refractivity contribution is 6.35. The van der Waals surface area contributed by atoms with Crippen molar-refractivity contribution >= 4 is 34.7 Å². The molecule has 1 heterocycles. The quantitative estimate of drug-likeness (QED) is 0.757. The lowest BCUT2D eigenvalue weighted by molar-refractivity contribution is 0.415. The Morgan fingerprint density at radius 1 is 1.09 bits per heavy atom. The monoisotopic (exact) mass is 311 g/mol. The summed E-state index contributed by atoms with van der Waals surface area (Å²) in [6.07, 6.45) is 3.75. The molecule has 110 valence electrons. The average Bonchev–Trinajstić information content (AvgIpc) is 2.53. The van der Waals surface area contributed by atoms with Crippen LogP contribution < -0.4 is 4.74 Å². The lowest BCUT2D eigenvalue weighted by Gasteiger charge is -2.05. The highest BCUT2D eigenvalue weighted by Gasteiger charge is 2.04. The van der Waals surface area contributed by atoms with E-state index in [1.54, 1.807) is 25.3 Å². The van der Waals surface area contributed by atoms with E-state index in [1.807, 2.05) is 42.5 Å². The zero-order valence-corrected chi connectivity index (χ0v) is 12.7. The number of benzene rings is 2. The lowest BCUT2D eigenvalue weighted by atomic mass is 10.1. The van der Waals surface area contributed by atoms with Gasteiger partial charge in [0.05, 0.1) is 23.3 Å². The second-order valence-corrected chi connectivity index (χ2v) is 5.25. The molecule has 3 nitrogen and oxygen atoms in total. The maximum atomic E-state index is 9.46. The topological polar surface area (TPSA) is 42.4 Å². The van der Waals surface area contributed by atoms with Crippen molar-refractivity contribution in [3.05, 3.63) is 64.8 Å². The van der Waals surface area contributed by atoms with Gasteiger partial charge in [0.1, 0.15) is 11.5 Å². The molecule has 0 amide bonds. The molecule has 0 saturated heterocycles. The Labute approximate surface area is 133 Å². The summed E-state index contributed by atoms with van der Waals surface area (Å²) >= 11 is 6.33. The van der Waals surface area contributed by atoms with Gasteiger partial charge < -0.3 is 9.84 Å². The van der Waals surface area contributed by atoms with Crippen LogP contribution in [0.3, 0.4) is 0 Å². The Bertz CT molecular complexity index is 859. The van der Waals surface area contributed by atoms with Crippen LogP contribution in [0.15, 0.2) is 48.5 Å². The maximum absolute atomic E-state index is 9.46. The smallest absolute Gasteiger partial charge is 0.119 e. The highest BCUT2D eigenvalue weighted by atomic mass is 35.5. The molecular weight excluding hydrogens is 298 g/mol. The number of nitrogens with zero attached hydrogens (tertiary/aromatic N) is 1. The van der Waals surface area contributed by atoms with Gasteiger partial charge in [0.15, 0.2) is 0 Å². The van der Waals surface area contributed by atoms with E-state index in [0.29, 0.717) is 5.02 Å². The van der Waals surface area contributed by atoms with Crippen molar-refractivity contribution in [3.63, 3.8) is 0 Å². The van der Waals surface area contributed by atoms with E-state index in [-0.39, 0.29) is 5.75 Å². The third kappa shape index (κ3) is 3.05. The van der Waals surface area contributed by atoms with Crippen LogP contribution in [0, 0.1) is 0 Å². The summed E-state index contributed by atoms with van der Waals surface area (Å²) in [6, 6.07) is 14.4. The summed E-state index contributed by atoms with van der Waals surface area (Å²) in [5.74, 6) is 0.984. The van der Waals surface area contributed by atoms with Crippen LogP contribution in [0.2, 0.25) is 5.02 Å². The lowest BCUT2D eigenvalue weighted by Crippen LogP contribution is -1.87. The Morgan fingerprint density at radius 3 is 2.73 bits per heavy atom. The standard InChI is InChI=1S/C18H14ClNO2/c1-22-15-7-8-18-16(11-15)17(19)10-13(20-18)6-5-12-3-2-4-14(21)9-12/h2-11,21H,1H3/b6-5+. The minimum absolute atomic E-state index is 0.235. The maximum Gasteiger partial charge on any atom is 0.119 e. The first kappa shape index (κ1) is 14.4. The molecule has 0 radical (unpaired) electrons. The number of phenolic OH excluding ortho intramolecular Hbond substituents is 1. The fourth-order valence-electron chi connectivity index (χ4n) is 2.21. The van der Waals surface area contributed by atoms with Crippen LogP contribution in [0.1, 0.15) is 11.3 Å². The number of halogens is 1. The summed E-state index contributed by atoms with van der Waals surface area (Å²) in [6.45, 7) is 0. The van der Waals surface area contributed by atoms with Crippen molar-refractivity contribution < 1.29 is 9.84 Å². The Morgan fingerprint density at radius 2 is 1.95 bits per heavy atom. The third-order valence-electron chi connectivity index (χ3n) is 3.30. The van der Waals surface area contributed by atoms with Gasteiger partial charge in [0.25, 0.3) is 0 Å². The van der Waals surface area contributed by atoms with Crippen molar-refractivity contribution in [2.45, 2.75) is 0 Å². The number of methoxy groups -OCH3 is 1. The van der Waals surface area contributed by atoms with E-state index >= 15 is 0 Å². The number of hydrogen-bond donors (Lipinski definition) is 1. The third-order valence-corrected chi connectivity index (χ3v) is 3.61. The van der Waals surface area contributed by atoms with Crippen LogP contribution in [-0.2, 0) is 0 Å². The Balaban J connectivity index is 1.98. The zero-order valence-electron chi connectivity index (χ0n) is 12.0. The predicted octanol–water partition coefficient (Wildman–Crippen LogP) is 4.77. The van der Waals surface area contributed by atoms with Gasteiger partial charge in [-0.1, -0.05) is 29.8 Å². The molecule has 0 bridgehead atoms. The van der Waals surface area contributed by atoms with Gasteiger partial charge in [0.2, 0.25) is 0 Å². The molecule has 3 rings (SSSR count). The molecule has 2 aromatic carbocycles. The summed E-state index contributed by atoms with van der Waals surface area (Å²) in [7, 11) is 1.62. The molecule has 3 aromatic rings. The van der Waals surface area contributed by atoms with Gasteiger partial charge in [-0.2, -0.15) is 0 Å². The first-order chi connectivity index (χ1) is 10.7. The number of aromatic nitrogens is 1. The first-order valence-electron chi connectivity index (χ1n) is 6.77. The number of hydrogen-bond acceptors (Lipinski definition) is 3. The summed E-state index contributed by atoms with van der Waals surface area (Å²) in [4.78, 5) is 4.56. The van der Waals surface area contributed by atoms with Gasteiger partial charge in [-0.15, -0.1) is 0 Å². The Kier molecular flexibility index (Phi) is 3.98. The van der Waals surface area contributed by atoms with Crippen molar-refractivity contribution in [3.8, 4) is 11.5 Å². The number of ether oxygens (including phenoxy) is 1. The molecule has 0 spiro atoms. The van der Waals surface area contributed by atoms with E-state index in [1.165, 1.54) is 0 Å². The van der Waals surface area contributed by atoms with Crippen LogP contribution in [0.25, 0.3) is 23.1 Å². The largest absolute Gasteiger partial charge is 0.508 e. The summed E-state index contributed by atoms with van der Waals surface area (Å²) in [5.41, 5.74) is 2.46. The number of fused-ring (bicyclic) bond motifs is 1. The van der Waals surface area contributed by atoms with E-state index < -0.39 is 0 Å². The van der Waals surface area contributed by atoms with Crippen LogP contribution in [0.5, 0.6) is 11.5 Å². The van der Waals surface area contributed by atoms with Gasteiger partial charge >= 0.3 is 0 Å². The van der Waals surface area contributed by atoms with Crippen molar-refractivity contribution in [1.82, 2.24) is 4.98 Å². The number of aromatic hydroxyl groups is 1. The number of phenols is 1. The molecular formula is C18H14ClNO2. The molecule has 1 N–H and O–H groups in total. The first-order valence-corrected chi connectivity index (χ1v) is 7.15. The van der Waals surface area contributed by atoms with Crippen LogP contribution in [0.4, 0.5) is 0 Å². The minimum atomic E-state index is 0.235. The second-order valence-electron chi connectivity index (χ2n) is 4.84. The summed E-state index contributed by atoms with van der Waals surface area (Å²) < 4.78 is 5.20. The molecule has 0 fully saturated rings. The molecule has 0 atom stereocenters. The SMILES string of the molecule is COc1ccc2nc(/C=C/c3cccc(O)c3)cc(Cl)c2c1. The molecule has 0 aliphatic rings. The van der Waals surface area contributed by atoms with E-state index in [2.05, 4.69) is 4.98 Å².